The van der Waals surface area contributed by atoms with Gasteiger partial charge in [-0.25, -0.2) is 4.98 Å². The number of nitrogens with one attached hydrogen (secondary N) is 1. The van der Waals surface area contributed by atoms with Crippen LogP contribution in [0.4, 0.5) is 0 Å². The SMILES string of the molecule is CCOc1ccccc1-c1nc2c(-c3ccccc3)nn(C)c2c(=O)[nH]1. The Labute approximate surface area is 150 Å². The van der Waals surface area contributed by atoms with Crippen LogP contribution in [0.2, 0.25) is 0 Å². The summed E-state index contributed by atoms with van der Waals surface area (Å²) in [4.78, 5) is 20.3. The summed E-state index contributed by atoms with van der Waals surface area (Å²) < 4.78 is 7.25. The highest BCUT2D eigenvalue weighted by Gasteiger charge is 2.18. The van der Waals surface area contributed by atoms with Crippen LogP contribution in [-0.4, -0.2) is 26.4 Å². The average Bonchev–Trinajstić information content (AvgIpc) is 3.00. The zero-order chi connectivity index (χ0) is 18.1. The van der Waals surface area contributed by atoms with Crippen molar-refractivity contribution in [2.24, 2.45) is 7.05 Å². The number of para-hydroxylation sites is 1. The maximum Gasteiger partial charge on any atom is 0.277 e. The molecule has 0 saturated carbocycles. The first-order valence-corrected chi connectivity index (χ1v) is 8.43. The van der Waals surface area contributed by atoms with Gasteiger partial charge in [-0.3, -0.25) is 9.48 Å². The Morgan fingerprint density at radius 2 is 1.81 bits per heavy atom. The second-order valence-corrected chi connectivity index (χ2v) is 5.88. The number of aromatic amines is 1. The van der Waals surface area contributed by atoms with Crippen molar-refractivity contribution >= 4 is 11.0 Å². The van der Waals surface area contributed by atoms with Gasteiger partial charge in [0.25, 0.3) is 5.56 Å². The number of aromatic nitrogens is 4. The third-order valence-electron chi connectivity index (χ3n) is 4.18. The van der Waals surface area contributed by atoms with Gasteiger partial charge in [-0.2, -0.15) is 5.10 Å². The normalized spacial score (nSPS) is 11.0. The van der Waals surface area contributed by atoms with Crippen LogP contribution in [0.15, 0.2) is 59.4 Å². The minimum absolute atomic E-state index is 0.228. The Morgan fingerprint density at radius 3 is 2.58 bits per heavy atom. The first-order chi connectivity index (χ1) is 12.7. The number of fused-ring (bicyclic) bond motifs is 1. The predicted molar refractivity (Wildman–Crippen MR) is 101 cm³/mol. The Bertz CT molecular complexity index is 1130. The molecule has 2 aromatic heterocycles. The number of hydrogen-bond acceptors (Lipinski definition) is 4. The van der Waals surface area contributed by atoms with Gasteiger partial charge in [0, 0.05) is 12.6 Å². The number of H-pyrrole nitrogens is 1. The van der Waals surface area contributed by atoms with Gasteiger partial charge >= 0.3 is 0 Å². The minimum atomic E-state index is -0.228. The lowest BCUT2D eigenvalue weighted by Crippen LogP contribution is -2.12. The molecule has 4 aromatic rings. The van der Waals surface area contributed by atoms with Gasteiger partial charge in [0.05, 0.1) is 12.2 Å². The van der Waals surface area contributed by atoms with Crippen molar-refractivity contribution in [3.05, 3.63) is 65.0 Å². The molecule has 0 unspecified atom stereocenters. The number of hydrogen-bond donors (Lipinski definition) is 1. The first-order valence-electron chi connectivity index (χ1n) is 8.43. The molecule has 2 aromatic carbocycles. The van der Waals surface area contributed by atoms with E-state index < -0.39 is 0 Å². The molecule has 0 spiro atoms. The number of ether oxygens (including phenoxy) is 1. The van der Waals surface area contributed by atoms with Gasteiger partial charge < -0.3 is 9.72 Å². The third-order valence-corrected chi connectivity index (χ3v) is 4.18. The highest BCUT2D eigenvalue weighted by molar-refractivity contribution is 5.90. The van der Waals surface area contributed by atoms with E-state index in [9.17, 15) is 4.79 Å². The highest BCUT2D eigenvalue weighted by atomic mass is 16.5. The molecule has 2 heterocycles. The fourth-order valence-electron chi connectivity index (χ4n) is 3.04. The molecule has 130 valence electrons. The summed E-state index contributed by atoms with van der Waals surface area (Å²) in [5.74, 6) is 1.15. The van der Waals surface area contributed by atoms with Crippen LogP contribution in [0.5, 0.6) is 5.75 Å². The second-order valence-electron chi connectivity index (χ2n) is 5.88. The van der Waals surface area contributed by atoms with Crippen LogP contribution in [0.25, 0.3) is 33.7 Å². The summed E-state index contributed by atoms with van der Waals surface area (Å²) in [7, 11) is 1.75. The summed E-state index contributed by atoms with van der Waals surface area (Å²) in [5, 5.41) is 4.52. The van der Waals surface area contributed by atoms with Gasteiger partial charge in [-0.1, -0.05) is 42.5 Å². The van der Waals surface area contributed by atoms with Gasteiger partial charge in [0.1, 0.15) is 22.8 Å². The monoisotopic (exact) mass is 346 g/mol. The Balaban J connectivity index is 1.99. The zero-order valence-electron chi connectivity index (χ0n) is 14.6. The topological polar surface area (TPSA) is 72.8 Å². The van der Waals surface area contributed by atoms with Crippen molar-refractivity contribution in [2.75, 3.05) is 6.61 Å². The maximum atomic E-state index is 12.7. The smallest absolute Gasteiger partial charge is 0.277 e. The zero-order valence-corrected chi connectivity index (χ0v) is 14.6. The molecule has 0 radical (unpaired) electrons. The van der Waals surface area contributed by atoms with Gasteiger partial charge in [0.2, 0.25) is 0 Å². The third kappa shape index (κ3) is 2.65. The molecular weight excluding hydrogens is 328 g/mol. The fourth-order valence-corrected chi connectivity index (χ4v) is 3.04. The van der Waals surface area contributed by atoms with E-state index in [4.69, 9.17) is 9.72 Å². The molecule has 6 nitrogen and oxygen atoms in total. The Kier molecular flexibility index (Phi) is 4.01. The summed E-state index contributed by atoms with van der Waals surface area (Å²) in [6, 6.07) is 17.3. The van der Waals surface area contributed by atoms with Crippen LogP contribution in [0, 0.1) is 0 Å². The van der Waals surface area contributed by atoms with E-state index in [1.807, 2.05) is 61.5 Å². The van der Waals surface area contributed by atoms with Gasteiger partial charge in [0.15, 0.2) is 5.52 Å². The molecule has 0 amide bonds. The van der Waals surface area contributed by atoms with E-state index in [0.717, 1.165) is 11.1 Å². The summed E-state index contributed by atoms with van der Waals surface area (Å²) in [6.45, 7) is 2.45. The fraction of sp³-hybridized carbons (Fsp3) is 0.150. The van der Waals surface area contributed by atoms with Crippen molar-refractivity contribution in [2.45, 2.75) is 6.92 Å². The number of aryl methyl sites for hydroxylation is 1. The van der Waals surface area contributed by atoms with Crippen LogP contribution < -0.4 is 10.3 Å². The lowest BCUT2D eigenvalue weighted by Gasteiger charge is -2.09. The second kappa shape index (κ2) is 6.48. The molecule has 26 heavy (non-hydrogen) atoms. The molecule has 0 bridgehead atoms. The van der Waals surface area contributed by atoms with Gasteiger partial charge in [-0.05, 0) is 19.1 Å². The van der Waals surface area contributed by atoms with Crippen molar-refractivity contribution in [3.63, 3.8) is 0 Å². The number of rotatable bonds is 4. The molecule has 0 aliphatic heterocycles. The molecule has 1 N–H and O–H groups in total. The van der Waals surface area contributed by atoms with E-state index >= 15 is 0 Å². The molecule has 6 heteroatoms. The lowest BCUT2D eigenvalue weighted by molar-refractivity contribution is 0.341. The predicted octanol–water partition coefficient (Wildman–Crippen LogP) is 3.39. The molecular formula is C20H18N4O2. The largest absolute Gasteiger partial charge is 0.493 e. The molecule has 0 aliphatic carbocycles. The van der Waals surface area contributed by atoms with Crippen LogP contribution in [0.3, 0.4) is 0 Å². The maximum absolute atomic E-state index is 12.7. The van der Waals surface area contributed by atoms with Crippen molar-refractivity contribution in [1.29, 1.82) is 0 Å². The highest BCUT2D eigenvalue weighted by Crippen LogP contribution is 2.30. The number of benzene rings is 2. The minimum Gasteiger partial charge on any atom is -0.493 e. The van der Waals surface area contributed by atoms with E-state index in [2.05, 4.69) is 10.1 Å². The molecule has 0 saturated heterocycles. The van der Waals surface area contributed by atoms with Crippen LogP contribution >= 0.6 is 0 Å². The molecule has 0 atom stereocenters. The Hall–Kier alpha value is -3.41. The Morgan fingerprint density at radius 1 is 1.08 bits per heavy atom. The van der Waals surface area contributed by atoms with Crippen molar-refractivity contribution in [1.82, 2.24) is 19.7 Å². The summed E-state index contributed by atoms with van der Waals surface area (Å²) in [6.07, 6.45) is 0. The van der Waals surface area contributed by atoms with Crippen LogP contribution in [-0.2, 0) is 7.05 Å². The quantitative estimate of drug-likeness (QED) is 0.615. The molecule has 0 aliphatic rings. The number of nitrogens with zero attached hydrogens (tertiary/aromatic N) is 3. The van der Waals surface area contributed by atoms with E-state index in [-0.39, 0.29) is 5.56 Å². The van der Waals surface area contributed by atoms with Crippen molar-refractivity contribution in [3.8, 4) is 28.4 Å². The summed E-state index contributed by atoms with van der Waals surface area (Å²) in [5.41, 5.74) is 3.14. The molecule has 4 rings (SSSR count). The standard InChI is InChI=1S/C20H18N4O2/c1-3-26-15-12-8-7-11-14(15)19-21-17-16(13-9-5-4-6-10-13)23-24(2)18(17)20(25)22-19/h4-12H,3H2,1-2H3,(H,21,22,25). The van der Waals surface area contributed by atoms with Crippen molar-refractivity contribution < 1.29 is 4.74 Å². The van der Waals surface area contributed by atoms with E-state index in [1.54, 1.807) is 11.7 Å². The van der Waals surface area contributed by atoms with Gasteiger partial charge in [-0.15, -0.1) is 0 Å². The first kappa shape index (κ1) is 16.1. The van der Waals surface area contributed by atoms with E-state index in [1.165, 1.54) is 0 Å². The molecule has 0 fully saturated rings. The lowest BCUT2D eigenvalue weighted by atomic mass is 10.1. The van der Waals surface area contributed by atoms with Crippen LogP contribution in [0.1, 0.15) is 6.92 Å². The van der Waals surface area contributed by atoms with E-state index in [0.29, 0.717) is 34.9 Å². The average molecular weight is 346 g/mol. The summed E-state index contributed by atoms with van der Waals surface area (Å²) >= 11 is 0.